The molecular formula is C24H28N4O5. The van der Waals surface area contributed by atoms with Crippen molar-refractivity contribution in [3.63, 3.8) is 0 Å². The molecule has 5 rings (SSSR count). The number of carbonyl (C=O) groups excluding carboxylic acids is 1. The van der Waals surface area contributed by atoms with Gasteiger partial charge in [0.1, 0.15) is 5.75 Å². The minimum absolute atomic E-state index is 0.0437. The molecule has 33 heavy (non-hydrogen) atoms. The number of aliphatic hydroxyl groups is 1. The smallest absolute Gasteiger partial charge is 0.379 e. The van der Waals surface area contributed by atoms with E-state index >= 15 is 0 Å². The summed E-state index contributed by atoms with van der Waals surface area (Å²) in [5.74, 6) is 0.570. The molecule has 2 aromatic heterocycles. The van der Waals surface area contributed by atoms with Crippen molar-refractivity contribution < 1.29 is 24.1 Å². The number of fused-ring (bicyclic) bond motifs is 1. The van der Waals surface area contributed by atoms with Gasteiger partial charge < -0.3 is 25.1 Å². The maximum atomic E-state index is 12.9. The standard InChI is InChI=1S/C24H28N4O5/c1-32-23-4-2-3-21(28(23)31)24(30)25-20-11-16-13-27(17-7-9-18(29)10-8-17)26-19(16)12-22(20)33-14-15-5-6-15/h2-4,11-13,15,17-18,29H,5-10,14H2,1H3,(H,25,30). The minimum Gasteiger partial charge on any atom is -0.615 e. The van der Waals surface area contributed by atoms with E-state index < -0.39 is 5.91 Å². The second kappa shape index (κ2) is 8.90. The SMILES string of the molecule is COc1cccc(C(=O)Nc2cc3cn(C4CCC(O)CC4)nc3cc2OCC2CC2)[n+]1[O-]. The van der Waals surface area contributed by atoms with Crippen LogP contribution in [0.1, 0.15) is 55.1 Å². The van der Waals surface area contributed by atoms with Crippen molar-refractivity contribution >= 4 is 22.5 Å². The zero-order valence-corrected chi connectivity index (χ0v) is 18.6. The minimum atomic E-state index is -0.548. The normalized spacial score (nSPS) is 20.5. The molecule has 2 N–H and O–H groups in total. The van der Waals surface area contributed by atoms with E-state index in [9.17, 15) is 15.1 Å². The zero-order chi connectivity index (χ0) is 22.9. The highest BCUT2D eigenvalue weighted by atomic mass is 16.5. The number of methoxy groups -OCH3 is 1. The molecule has 1 aromatic carbocycles. The summed E-state index contributed by atoms with van der Waals surface area (Å²) in [6.07, 6.45) is 7.33. The Hall–Kier alpha value is -3.33. The molecule has 2 aliphatic carbocycles. The molecule has 2 aliphatic rings. The largest absolute Gasteiger partial charge is 0.615 e. The van der Waals surface area contributed by atoms with Gasteiger partial charge >= 0.3 is 11.8 Å². The molecular weight excluding hydrogens is 424 g/mol. The predicted molar refractivity (Wildman–Crippen MR) is 121 cm³/mol. The molecule has 0 bridgehead atoms. The van der Waals surface area contributed by atoms with Gasteiger partial charge in [0.25, 0.3) is 5.69 Å². The highest BCUT2D eigenvalue weighted by Gasteiger charge is 2.26. The molecule has 0 unspecified atom stereocenters. The van der Waals surface area contributed by atoms with Gasteiger partial charge in [-0.15, -0.1) is 4.73 Å². The molecule has 0 atom stereocenters. The Labute approximate surface area is 191 Å². The van der Waals surface area contributed by atoms with E-state index in [1.807, 2.05) is 23.0 Å². The van der Waals surface area contributed by atoms with Crippen LogP contribution in [0.2, 0.25) is 0 Å². The molecule has 0 saturated heterocycles. The van der Waals surface area contributed by atoms with E-state index in [0.717, 1.165) is 49.4 Å². The van der Waals surface area contributed by atoms with E-state index in [1.54, 1.807) is 6.07 Å². The number of hydrogen-bond donors (Lipinski definition) is 2. The number of ether oxygens (including phenoxy) is 2. The average molecular weight is 453 g/mol. The maximum absolute atomic E-state index is 12.9. The Morgan fingerprint density at radius 3 is 2.76 bits per heavy atom. The third kappa shape index (κ3) is 4.59. The second-order valence-electron chi connectivity index (χ2n) is 8.93. The number of amides is 1. The van der Waals surface area contributed by atoms with Gasteiger partial charge in [-0.25, -0.2) is 0 Å². The number of anilines is 1. The molecule has 0 radical (unpaired) electrons. The van der Waals surface area contributed by atoms with Gasteiger partial charge in [0.15, 0.2) is 0 Å². The summed E-state index contributed by atoms with van der Waals surface area (Å²) in [7, 11) is 1.38. The van der Waals surface area contributed by atoms with E-state index in [1.165, 1.54) is 19.2 Å². The van der Waals surface area contributed by atoms with Gasteiger partial charge in [-0.05, 0) is 56.6 Å². The van der Waals surface area contributed by atoms with Crippen LogP contribution in [0.25, 0.3) is 10.9 Å². The van der Waals surface area contributed by atoms with Crippen LogP contribution in [0.4, 0.5) is 5.69 Å². The molecule has 0 spiro atoms. The highest BCUT2D eigenvalue weighted by molar-refractivity contribution is 6.04. The topological polar surface area (TPSA) is 113 Å². The van der Waals surface area contributed by atoms with Crippen molar-refractivity contribution in [2.24, 2.45) is 5.92 Å². The van der Waals surface area contributed by atoms with E-state index in [4.69, 9.17) is 14.6 Å². The molecule has 174 valence electrons. The molecule has 2 saturated carbocycles. The zero-order valence-electron chi connectivity index (χ0n) is 18.6. The fourth-order valence-electron chi connectivity index (χ4n) is 4.27. The second-order valence-corrected chi connectivity index (χ2v) is 8.93. The van der Waals surface area contributed by atoms with E-state index in [-0.39, 0.29) is 23.7 Å². The summed E-state index contributed by atoms with van der Waals surface area (Å²) in [6.45, 7) is 0.580. The summed E-state index contributed by atoms with van der Waals surface area (Å²) in [6, 6.07) is 8.47. The van der Waals surface area contributed by atoms with Crippen LogP contribution in [0.3, 0.4) is 0 Å². The van der Waals surface area contributed by atoms with Gasteiger partial charge in [0, 0.05) is 23.7 Å². The third-order valence-electron chi connectivity index (χ3n) is 6.44. The molecule has 2 fully saturated rings. The van der Waals surface area contributed by atoms with Crippen molar-refractivity contribution in [1.29, 1.82) is 0 Å². The number of nitrogens with one attached hydrogen (secondary N) is 1. The van der Waals surface area contributed by atoms with Crippen molar-refractivity contribution in [3.05, 3.63) is 47.4 Å². The van der Waals surface area contributed by atoms with Crippen LogP contribution in [0.15, 0.2) is 36.5 Å². The number of nitrogens with zero attached hydrogens (tertiary/aromatic N) is 3. The Morgan fingerprint density at radius 2 is 2.03 bits per heavy atom. The Kier molecular flexibility index (Phi) is 5.80. The first-order chi connectivity index (χ1) is 16.0. The predicted octanol–water partition coefficient (Wildman–Crippen LogP) is 3.20. The summed E-state index contributed by atoms with van der Waals surface area (Å²) in [4.78, 5) is 12.9. The summed E-state index contributed by atoms with van der Waals surface area (Å²) < 4.78 is 13.5. The number of aromatic nitrogens is 3. The van der Waals surface area contributed by atoms with Crippen LogP contribution in [0, 0.1) is 11.1 Å². The lowest BCUT2D eigenvalue weighted by Crippen LogP contribution is -2.38. The summed E-state index contributed by atoms with van der Waals surface area (Å²) in [5, 5.41) is 30.7. The van der Waals surface area contributed by atoms with Crippen molar-refractivity contribution in [3.8, 4) is 11.6 Å². The summed E-state index contributed by atoms with van der Waals surface area (Å²) in [5.41, 5.74) is 1.21. The van der Waals surface area contributed by atoms with Crippen molar-refractivity contribution in [2.75, 3.05) is 19.0 Å². The lowest BCUT2D eigenvalue weighted by molar-refractivity contribution is -0.614. The number of pyridine rings is 1. The maximum Gasteiger partial charge on any atom is 0.379 e. The molecule has 2 heterocycles. The highest BCUT2D eigenvalue weighted by Crippen LogP contribution is 2.36. The van der Waals surface area contributed by atoms with Crippen molar-refractivity contribution in [1.82, 2.24) is 9.78 Å². The van der Waals surface area contributed by atoms with Crippen LogP contribution >= 0.6 is 0 Å². The number of rotatable bonds is 7. The quantitative estimate of drug-likeness (QED) is 0.421. The monoisotopic (exact) mass is 452 g/mol. The van der Waals surface area contributed by atoms with Crippen LogP contribution in [-0.4, -0.2) is 40.6 Å². The van der Waals surface area contributed by atoms with E-state index in [2.05, 4.69) is 5.32 Å². The Bertz CT molecular complexity index is 1170. The van der Waals surface area contributed by atoms with Gasteiger partial charge in [-0.2, -0.15) is 5.10 Å². The molecule has 0 aliphatic heterocycles. The van der Waals surface area contributed by atoms with Gasteiger partial charge in [0.2, 0.25) is 0 Å². The van der Waals surface area contributed by atoms with Crippen molar-refractivity contribution in [2.45, 2.75) is 50.7 Å². The summed E-state index contributed by atoms with van der Waals surface area (Å²) >= 11 is 0. The average Bonchev–Trinajstić information content (AvgIpc) is 3.56. The Balaban J connectivity index is 1.45. The van der Waals surface area contributed by atoms with E-state index in [0.29, 0.717) is 28.7 Å². The van der Waals surface area contributed by atoms with Gasteiger partial charge in [-0.1, -0.05) is 0 Å². The lowest BCUT2D eigenvalue weighted by atomic mass is 9.93. The third-order valence-corrected chi connectivity index (χ3v) is 6.44. The number of benzene rings is 1. The van der Waals surface area contributed by atoms with Crippen LogP contribution in [-0.2, 0) is 0 Å². The van der Waals surface area contributed by atoms with Crippen LogP contribution in [0.5, 0.6) is 11.6 Å². The van der Waals surface area contributed by atoms with Gasteiger partial charge in [0.05, 0.1) is 43.1 Å². The van der Waals surface area contributed by atoms with Crippen LogP contribution < -0.4 is 19.5 Å². The fraction of sp³-hybridized carbons (Fsp3) is 0.458. The first-order valence-corrected chi connectivity index (χ1v) is 11.4. The number of hydrogen-bond acceptors (Lipinski definition) is 6. The number of carbonyl (C=O) groups is 1. The first-order valence-electron chi connectivity index (χ1n) is 11.4. The Morgan fingerprint density at radius 1 is 1.24 bits per heavy atom. The molecule has 3 aromatic rings. The lowest BCUT2D eigenvalue weighted by Gasteiger charge is -2.25. The molecule has 1 amide bonds. The molecule has 9 nitrogen and oxygen atoms in total. The molecule has 9 heteroatoms. The fourth-order valence-corrected chi connectivity index (χ4v) is 4.27. The van der Waals surface area contributed by atoms with Gasteiger partial charge in [-0.3, -0.25) is 9.48 Å². The first kappa shape index (κ1) is 21.5. The number of aliphatic hydroxyl groups excluding tert-OH is 1.